The fourth-order valence-corrected chi connectivity index (χ4v) is 3.49. The van der Waals surface area contributed by atoms with Gasteiger partial charge in [0.05, 0.1) is 6.42 Å². The summed E-state index contributed by atoms with van der Waals surface area (Å²) in [5.41, 5.74) is 1.96. The number of amides is 5. The van der Waals surface area contributed by atoms with E-state index in [4.69, 9.17) is 0 Å². The first-order valence-corrected chi connectivity index (χ1v) is 9.03. The molecule has 2 aliphatic rings. The summed E-state index contributed by atoms with van der Waals surface area (Å²) in [4.78, 5) is 52.8. The van der Waals surface area contributed by atoms with E-state index in [0.717, 1.165) is 36.4 Å². The molecule has 3 rings (SSSR count). The van der Waals surface area contributed by atoms with Crippen molar-refractivity contribution in [3.8, 4) is 0 Å². The van der Waals surface area contributed by atoms with E-state index < -0.39 is 12.1 Å². The highest BCUT2D eigenvalue weighted by Crippen LogP contribution is 2.21. The molecular formula is C19H24N4O4. The van der Waals surface area contributed by atoms with E-state index in [1.165, 1.54) is 19.0 Å². The van der Waals surface area contributed by atoms with Gasteiger partial charge in [-0.1, -0.05) is 0 Å². The molecule has 1 unspecified atom stereocenters. The van der Waals surface area contributed by atoms with Crippen LogP contribution in [0.2, 0.25) is 0 Å². The molecule has 1 aromatic carbocycles. The van der Waals surface area contributed by atoms with Crippen LogP contribution in [-0.2, 0) is 9.59 Å². The first-order valence-electron chi connectivity index (χ1n) is 9.03. The molecule has 27 heavy (non-hydrogen) atoms. The SMILES string of the molecule is Cc1cc(C(=O)N2CCCC2)ccc1NC(=O)CC1C(=O)N(C)C(=O)N1C. The maximum Gasteiger partial charge on any atom is 0.326 e. The number of urea groups is 1. The van der Waals surface area contributed by atoms with Crippen LogP contribution in [0.25, 0.3) is 0 Å². The number of hydrogen-bond acceptors (Lipinski definition) is 4. The van der Waals surface area contributed by atoms with Gasteiger partial charge in [-0.15, -0.1) is 0 Å². The van der Waals surface area contributed by atoms with Crippen molar-refractivity contribution in [1.29, 1.82) is 0 Å². The second kappa shape index (κ2) is 7.38. The summed E-state index contributed by atoms with van der Waals surface area (Å²) in [5, 5.41) is 2.77. The highest BCUT2D eigenvalue weighted by molar-refractivity contribution is 6.06. The number of likely N-dealkylation sites (tertiary alicyclic amines) is 1. The Morgan fingerprint density at radius 1 is 1.15 bits per heavy atom. The van der Waals surface area contributed by atoms with Crippen molar-refractivity contribution in [1.82, 2.24) is 14.7 Å². The first-order chi connectivity index (χ1) is 12.8. The molecule has 2 heterocycles. The van der Waals surface area contributed by atoms with Crippen molar-refractivity contribution in [3.05, 3.63) is 29.3 Å². The molecule has 1 N–H and O–H groups in total. The number of nitrogens with one attached hydrogen (secondary N) is 1. The molecule has 2 saturated heterocycles. The third kappa shape index (κ3) is 3.65. The number of imide groups is 1. The highest BCUT2D eigenvalue weighted by Gasteiger charge is 2.41. The molecule has 1 aromatic rings. The number of likely N-dealkylation sites (N-methyl/N-ethyl adjacent to an activating group) is 2. The number of benzene rings is 1. The van der Waals surface area contributed by atoms with E-state index in [1.54, 1.807) is 18.2 Å². The molecule has 2 fully saturated rings. The fourth-order valence-electron chi connectivity index (χ4n) is 3.49. The van der Waals surface area contributed by atoms with Crippen molar-refractivity contribution in [3.63, 3.8) is 0 Å². The lowest BCUT2D eigenvalue weighted by Gasteiger charge is -2.18. The molecular weight excluding hydrogens is 348 g/mol. The van der Waals surface area contributed by atoms with Gasteiger partial charge in [0.2, 0.25) is 5.91 Å². The minimum Gasteiger partial charge on any atom is -0.339 e. The van der Waals surface area contributed by atoms with Crippen LogP contribution in [0.1, 0.15) is 35.2 Å². The molecule has 1 atom stereocenters. The summed E-state index contributed by atoms with van der Waals surface area (Å²) in [6, 6.07) is 3.96. The van der Waals surface area contributed by atoms with Crippen LogP contribution in [0, 0.1) is 6.92 Å². The lowest BCUT2D eigenvalue weighted by Crippen LogP contribution is -2.35. The summed E-state index contributed by atoms with van der Waals surface area (Å²) in [6.45, 7) is 3.39. The predicted octanol–water partition coefficient (Wildman–Crippen LogP) is 1.45. The highest BCUT2D eigenvalue weighted by atomic mass is 16.2. The van der Waals surface area contributed by atoms with E-state index in [9.17, 15) is 19.2 Å². The van der Waals surface area contributed by atoms with Crippen LogP contribution in [0.4, 0.5) is 10.5 Å². The third-order valence-corrected chi connectivity index (χ3v) is 5.19. The van der Waals surface area contributed by atoms with Crippen molar-refractivity contribution in [2.24, 2.45) is 0 Å². The monoisotopic (exact) mass is 372 g/mol. The average molecular weight is 372 g/mol. The van der Waals surface area contributed by atoms with Crippen LogP contribution < -0.4 is 5.32 Å². The molecule has 2 aliphatic heterocycles. The third-order valence-electron chi connectivity index (χ3n) is 5.19. The largest absolute Gasteiger partial charge is 0.339 e. The number of carbonyl (C=O) groups excluding carboxylic acids is 4. The van der Waals surface area contributed by atoms with Gasteiger partial charge in [-0.3, -0.25) is 19.3 Å². The molecule has 0 saturated carbocycles. The van der Waals surface area contributed by atoms with Gasteiger partial charge in [0, 0.05) is 38.4 Å². The molecule has 144 valence electrons. The lowest BCUT2D eigenvalue weighted by atomic mass is 10.1. The van der Waals surface area contributed by atoms with Crippen LogP contribution in [0.15, 0.2) is 18.2 Å². The summed E-state index contributed by atoms with van der Waals surface area (Å²) < 4.78 is 0. The van der Waals surface area contributed by atoms with Gasteiger partial charge in [-0.25, -0.2) is 4.79 Å². The molecule has 5 amide bonds. The minimum atomic E-state index is -0.793. The van der Waals surface area contributed by atoms with E-state index >= 15 is 0 Å². The molecule has 8 nitrogen and oxygen atoms in total. The van der Waals surface area contributed by atoms with Crippen molar-refractivity contribution < 1.29 is 19.2 Å². The number of anilines is 1. The van der Waals surface area contributed by atoms with E-state index in [-0.39, 0.29) is 24.1 Å². The van der Waals surface area contributed by atoms with Gasteiger partial charge >= 0.3 is 6.03 Å². The lowest BCUT2D eigenvalue weighted by molar-refractivity contribution is -0.129. The minimum absolute atomic E-state index is 0.00760. The normalized spacial score (nSPS) is 19.8. The van der Waals surface area contributed by atoms with Gasteiger partial charge in [-0.05, 0) is 43.5 Å². The number of carbonyl (C=O) groups is 4. The van der Waals surface area contributed by atoms with E-state index in [0.29, 0.717) is 11.3 Å². The number of nitrogens with zero attached hydrogens (tertiary/aromatic N) is 3. The second-order valence-corrected chi connectivity index (χ2v) is 7.09. The standard InChI is InChI=1S/C19H24N4O4/c1-12-10-13(17(25)23-8-4-5-9-23)6-7-14(12)20-16(24)11-15-18(26)22(3)19(27)21(15)2/h6-7,10,15H,4-5,8-9,11H2,1-3H3,(H,20,24). The average Bonchev–Trinajstić information content (AvgIpc) is 3.24. The summed E-state index contributed by atoms with van der Waals surface area (Å²) >= 11 is 0. The van der Waals surface area contributed by atoms with E-state index in [2.05, 4.69) is 5.32 Å². The summed E-state index contributed by atoms with van der Waals surface area (Å²) in [5.74, 6) is -0.737. The Bertz CT molecular complexity index is 801. The zero-order valence-corrected chi connectivity index (χ0v) is 15.8. The van der Waals surface area contributed by atoms with Crippen molar-refractivity contribution in [2.75, 3.05) is 32.5 Å². The van der Waals surface area contributed by atoms with Crippen LogP contribution in [0.3, 0.4) is 0 Å². The maximum absolute atomic E-state index is 12.5. The molecule has 0 radical (unpaired) electrons. The Kier molecular flexibility index (Phi) is 5.16. The van der Waals surface area contributed by atoms with Gasteiger partial charge in [0.25, 0.3) is 11.8 Å². The van der Waals surface area contributed by atoms with Gasteiger partial charge in [-0.2, -0.15) is 0 Å². The van der Waals surface area contributed by atoms with Crippen LogP contribution >= 0.6 is 0 Å². The quantitative estimate of drug-likeness (QED) is 0.810. The Labute approximate surface area is 158 Å². The summed E-state index contributed by atoms with van der Waals surface area (Å²) in [7, 11) is 2.91. The van der Waals surface area contributed by atoms with Crippen molar-refractivity contribution >= 4 is 29.4 Å². The van der Waals surface area contributed by atoms with Gasteiger partial charge in [0.1, 0.15) is 6.04 Å². The zero-order chi connectivity index (χ0) is 19.7. The van der Waals surface area contributed by atoms with Gasteiger partial charge < -0.3 is 15.1 Å². The van der Waals surface area contributed by atoms with Gasteiger partial charge in [0.15, 0.2) is 0 Å². The molecule has 0 aliphatic carbocycles. The topological polar surface area (TPSA) is 90.0 Å². The predicted molar refractivity (Wildman–Crippen MR) is 99.3 cm³/mol. The molecule has 0 spiro atoms. The van der Waals surface area contributed by atoms with Crippen LogP contribution in [0.5, 0.6) is 0 Å². The van der Waals surface area contributed by atoms with E-state index in [1.807, 2.05) is 11.8 Å². The van der Waals surface area contributed by atoms with Crippen molar-refractivity contribution in [2.45, 2.75) is 32.2 Å². The Morgan fingerprint density at radius 3 is 2.37 bits per heavy atom. The summed E-state index contributed by atoms with van der Waals surface area (Å²) in [6.07, 6.45) is 1.95. The second-order valence-electron chi connectivity index (χ2n) is 7.09. The number of hydrogen-bond donors (Lipinski definition) is 1. The van der Waals surface area contributed by atoms with Crippen LogP contribution in [-0.4, -0.2) is 71.7 Å². The maximum atomic E-state index is 12.5. The Hall–Kier alpha value is -2.90. The first kappa shape index (κ1) is 18.9. The molecule has 0 bridgehead atoms. The Balaban J connectivity index is 1.65. The Morgan fingerprint density at radius 2 is 1.81 bits per heavy atom. The fraction of sp³-hybridized carbons (Fsp3) is 0.474. The smallest absolute Gasteiger partial charge is 0.326 e. The molecule has 0 aromatic heterocycles. The number of aryl methyl sites for hydroxylation is 1. The molecule has 8 heteroatoms. The number of rotatable bonds is 4. The zero-order valence-electron chi connectivity index (χ0n) is 15.8.